The molecule has 1 rings (SSSR count). The second kappa shape index (κ2) is 5.55. The number of ether oxygens (including phenoxy) is 1. The molecule has 0 spiro atoms. The summed E-state index contributed by atoms with van der Waals surface area (Å²) in [5.41, 5.74) is 2.73. The van der Waals surface area contributed by atoms with Crippen LogP contribution in [0.2, 0.25) is 0 Å². The molecular weight excluding hydrogens is 272 g/mol. The molecule has 0 heterocycles. The van der Waals surface area contributed by atoms with Crippen LogP contribution in [0.4, 0.5) is 0 Å². The van der Waals surface area contributed by atoms with Gasteiger partial charge in [-0.3, -0.25) is 0 Å². The van der Waals surface area contributed by atoms with Gasteiger partial charge in [-0.1, -0.05) is 15.9 Å². The Kier molecular flexibility index (Phi) is 4.62. The fourth-order valence-corrected chi connectivity index (χ4v) is 2.24. The van der Waals surface area contributed by atoms with Crippen molar-refractivity contribution in [2.45, 2.75) is 26.7 Å². The molecule has 0 bridgehead atoms. The smallest absolute Gasteiger partial charge is 0.164 e. The Bertz CT molecular complexity index is 389. The van der Waals surface area contributed by atoms with Gasteiger partial charge in [0.1, 0.15) is 0 Å². The number of methoxy groups -OCH3 is 1. The van der Waals surface area contributed by atoms with E-state index in [2.05, 4.69) is 15.9 Å². The highest BCUT2D eigenvalue weighted by molar-refractivity contribution is 9.10. The molecule has 0 aromatic heterocycles. The summed E-state index contributed by atoms with van der Waals surface area (Å²) in [7, 11) is 1.54. The van der Waals surface area contributed by atoms with Crippen molar-refractivity contribution < 1.29 is 14.9 Å². The maximum Gasteiger partial charge on any atom is 0.164 e. The molecule has 1 aromatic rings. The van der Waals surface area contributed by atoms with Gasteiger partial charge >= 0.3 is 0 Å². The minimum atomic E-state index is 0.118. The number of hydrogen-bond donors (Lipinski definition) is 2. The SMILES string of the molecule is COc1c(C)c(Br)c(C)c(CCCO)c1O. The van der Waals surface area contributed by atoms with Gasteiger partial charge in [0.05, 0.1) is 7.11 Å². The van der Waals surface area contributed by atoms with Gasteiger partial charge < -0.3 is 14.9 Å². The van der Waals surface area contributed by atoms with Crippen molar-refractivity contribution in [2.24, 2.45) is 0 Å². The predicted octanol–water partition coefficient (Wildman–Crippen LogP) is 2.71. The summed E-state index contributed by atoms with van der Waals surface area (Å²) in [5.74, 6) is 0.694. The number of aliphatic hydroxyl groups excluding tert-OH is 1. The molecule has 0 unspecified atom stereocenters. The molecular formula is C12H17BrO3. The maximum atomic E-state index is 10.1. The lowest BCUT2D eigenvalue weighted by Gasteiger charge is -2.16. The summed E-state index contributed by atoms with van der Waals surface area (Å²) >= 11 is 3.49. The normalized spacial score (nSPS) is 10.6. The molecule has 1 aromatic carbocycles. The summed E-state index contributed by atoms with van der Waals surface area (Å²) < 4.78 is 6.14. The van der Waals surface area contributed by atoms with Crippen LogP contribution in [0.25, 0.3) is 0 Å². The second-order valence-corrected chi connectivity index (χ2v) is 4.54. The van der Waals surface area contributed by atoms with Crippen LogP contribution in [0.5, 0.6) is 11.5 Å². The van der Waals surface area contributed by atoms with E-state index in [0.29, 0.717) is 18.6 Å². The van der Waals surface area contributed by atoms with Crippen LogP contribution < -0.4 is 4.74 Å². The zero-order valence-corrected chi connectivity index (χ0v) is 11.4. The molecule has 0 aliphatic heterocycles. The Morgan fingerprint density at radius 2 is 1.88 bits per heavy atom. The van der Waals surface area contributed by atoms with Crippen molar-refractivity contribution >= 4 is 15.9 Å². The van der Waals surface area contributed by atoms with Crippen molar-refractivity contribution in [2.75, 3.05) is 13.7 Å². The van der Waals surface area contributed by atoms with Gasteiger partial charge in [-0.05, 0) is 32.3 Å². The molecule has 16 heavy (non-hydrogen) atoms. The summed E-state index contributed by atoms with van der Waals surface area (Å²) in [6.45, 7) is 3.96. The molecule has 0 aliphatic carbocycles. The summed E-state index contributed by atoms with van der Waals surface area (Å²) in [5, 5.41) is 18.9. The van der Waals surface area contributed by atoms with Gasteiger partial charge in [0.25, 0.3) is 0 Å². The third-order valence-electron chi connectivity index (χ3n) is 2.74. The van der Waals surface area contributed by atoms with Crippen molar-refractivity contribution in [3.8, 4) is 11.5 Å². The first-order valence-electron chi connectivity index (χ1n) is 5.19. The van der Waals surface area contributed by atoms with Crippen LogP contribution in [0.3, 0.4) is 0 Å². The molecule has 90 valence electrons. The number of aromatic hydroxyl groups is 1. The Morgan fingerprint density at radius 1 is 1.25 bits per heavy atom. The zero-order valence-electron chi connectivity index (χ0n) is 9.80. The maximum absolute atomic E-state index is 10.1. The van der Waals surface area contributed by atoms with Crippen molar-refractivity contribution in [3.63, 3.8) is 0 Å². The van der Waals surface area contributed by atoms with Gasteiger partial charge in [0.15, 0.2) is 11.5 Å². The average molecular weight is 289 g/mol. The van der Waals surface area contributed by atoms with Crippen LogP contribution in [0.15, 0.2) is 4.47 Å². The third kappa shape index (κ3) is 2.33. The van der Waals surface area contributed by atoms with E-state index in [1.54, 1.807) is 7.11 Å². The van der Waals surface area contributed by atoms with Gasteiger partial charge in [0.2, 0.25) is 0 Å². The second-order valence-electron chi connectivity index (χ2n) is 3.75. The van der Waals surface area contributed by atoms with Crippen LogP contribution in [-0.4, -0.2) is 23.9 Å². The summed E-state index contributed by atoms with van der Waals surface area (Å²) in [4.78, 5) is 0. The zero-order chi connectivity index (χ0) is 12.3. The molecule has 0 fully saturated rings. The first kappa shape index (κ1) is 13.3. The minimum Gasteiger partial charge on any atom is -0.504 e. The standard InChI is InChI=1S/C12H17BrO3/c1-7-9(5-4-6-14)11(15)12(16-3)8(2)10(7)13/h14-15H,4-6H2,1-3H3. The Labute approximate surface area is 104 Å². The Balaban J connectivity index is 3.31. The van der Waals surface area contributed by atoms with E-state index in [9.17, 15) is 5.11 Å². The highest BCUT2D eigenvalue weighted by Gasteiger charge is 2.17. The van der Waals surface area contributed by atoms with Crippen molar-refractivity contribution in [3.05, 3.63) is 21.2 Å². The number of benzene rings is 1. The lowest BCUT2D eigenvalue weighted by molar-refractivity contribution is 0.287. The van der Waals surface area contributed by atoms with Crippen LogP contribution >= 0.6 is 15.9 Å². The highest BCUT2D eigenvalue weighted by Crippen LogP contribution is 2.41. The van der Waals surface area contributed by atoms with E-state index in [4.69, 9.17) is 9.84 Å². The van der Waals surface area contributed by atoms with Crippen molar-refractivity contribution in [1.82, 2.24) is 0 Å². The minimum absolute atomic E-state index is 0.118. The predicted molar refractivity (Wildman–Crippen MR) is 67.2 cm³/mol. The number of halogens is 1. The van der Waals surface area contributed by atoms with Crippen LogP contribution in [0, 0.1) is 13.8 Å². The van der Waals surface area contributed by atoms with Gasteiger partial charge in [-0.2, -0.15) is 0 Å². The molecule has 3 nitrogen and oxygen atoms in total. The number of phenols is 1. The Morgan fingerprint density at radius 3 is 2.38 bits per heavy atom. The van der Waals surface area contributed by atoms with E-state index in [-0.39, 0.29) is 12.4 Å². The first-order valence-corrected chi connectivity index (χ1v) is 5.99. The number of aliphatic hydroxyl groups is 1. The fourth-order valence-electron chi connectivity index (χ4n) is 1.82. The van der Waals surface area contributed by atoms with Gasteiger partial charge in [-0.15, -0.1) is 0 Å². The van der Waals surface area contributed by atoms with Gasteiger partial charge in [0, 0.05) is 22.2 Å². The number of hydrogen-bond acceptors (Lipinski definition) is 3. The van der Waals surface area contributed by atoms with E-state index < -0.39 is 0 Å². The molecule has 0 radical (unpaired) electrons. The molecule has 2 N–H and O–H groups in total. The van der Waals surface area contributed by atoms with E-state index >= 15 is 0 Å². The van der Waals surface area contributed by atoms with Crippen molar-refractivity contribution in [1.29, 1.82) is 0 Å². The fraction of sp³-hybridized carbons (Fsp3) is 0.500. The summed E-state index contributed by atoms with van der Waals surface area (Å²) in [6, 6.07) is 0. The molecule has 0 aliphatic rings. The number of phenolic OH excluding ortho intramolecular Hbond substituents is 1. The largest absolute Gasteiger partial charge is 0.504 e. The molecule has 0 saturated carbocycles. The first-order chi connectivity index (χ1) is 7.54. The average Bonchev–Trinajstić information content (AvgIpc) is 2.27. The molecule has 0 amide bonds. The summed E-state index contributed by atoms with van der Waals surface area (Å²) in [6.07, 6.45) is 1.27. The van der Waals surface area contributed by atoms with E-state index in [0.717, 1.165) is 21.2 Å². The lowest BCUT2D eigenvalue weighted by Crippen LogP contribution is -1.99. The topological polar surface area (TPSA) is 49.7 Å². The molecule has 0 saturated heterocycles. The highest BCUT2D eigenvalue weighted by atomic mass is 79.9. The molecule has 0 atom stereocenters. The third-order valence-corrected chi connectivity index (χ3v) is 3.93. The van der Waals surface area contributed by atoms with Crippen LogP contribution in [0.1, 0.15) is 23.1 Å². The molecule has 4 heteroatoms. The Hall–Kier alpha value is -0.740. The van der Waals surface area contributed by atoms with Gasteiger partial charge in [-0.25, -0.2) is 0 Å². The lowest BCUT2D eigenvalue weighted by atomic mass is 9.99. The van der Waals surface area contributed by atoms with E-state index in [1.165, 1.54) is 0 Å². The van der Waals surface area contributed by atoms with Crippen LogP contribution in [-0.2, 0) is 6.42 Å². The number of rotatable bonds is 4. The van der Waals surface area contributed by atoms with E-state index in [1.807, 2.05) is 13.8 Å². The monoisotopic (exact) mass is 288 g/mol. The quantitative estimate of drug-likeness (QED) is 0.896.